The van der Waals surface area contributed by atoms with E-state index in [0.29, 0.717) is 36.7 Å². The third-order valence-corrected chi connectivity index (χ3v) is 15.5. The van der Waals surface area contributed by atoms with Crippen LogP contribution < -0.4 is 4.74 Å². The third kappa shape index (κ3) is 16.5. The number of alkyl halides is 9. The van der Waals surface area contributed by atoms with Gasteiger partial charge in [-0.2, -0.15) is 39.5 Å². The molecule has 0 bridgehead atoms. The van der Waals surface area contributed by atoms with Gasteiger partial charge in [0, 0.05) is 37.2 Å². The Morgan fingerprint density at radius 1 is 0.662 bits per heavy atom. The maximum Gasteiger partial charge on any atom is 0.435 e. The van der Waals surface area contributed by atoms with Crippen LogP contribution in [0.5, 0.6) is 5.75 Å². The summed E-state index contributed by atoms with van der Waals surface area (Å²) in [7, 11) is 3.64. The minimum Gasteiger partial charge on any atom is -0.494 e. The fourth-order valence-electron chi connectivity index (χ4n) is 9.82. The Morgan fingerprint density at radius 3 is 1.86 bits per heavy atom. The Labute approximate surface area is 388 Å². The Bertz CT molecular complexity index is 1450. The second kappa shape index (κ2) is 26.7. The first-order valence-electron chi connectivity index (χ1n) is 23.6. The molecule has 2 saturated carbocycles. The van der Waals surface area contributed by atoms with E-state index < -0.39 is 37.2 Å². The summed E-state index contributed by atoms with van der Waals surface area (Å²) in [5, 5.41) is 0. The van der Waals surface area contributed by atoms with Gasteiger partial charge >= 0.3 is 24.1 Å². The van der Waals surface area contributed by atoms with Gasteiger partial charge in [-0.15, -0.1) is 0 Å². The van der Waals surface area contributed by atoms with Crippen LogP contribution in [0.4, 0.5) is 39.5 Å². The van der Waals surface area contributed by atoms with Crippen LogP contribution in [0.2, 0.25) is 0 Å². The van der Waals surface area contributed by atoms with Crippen LogP contribution in [0.15, 0.2) is 18.2 Å². The first kappa shape index (κ1) is 56.4. The van der Waals surface area contributed by atoms with E-state index in [9.17, 15) is 39.5 Å². The lowest BCUT2D eigenvalue weighted by molar-refractivity contribution is -0.457. The largest absolute Gasteiger partial charge is 0.494 e. The molecule has 3 aliphatic carbocycles. The molecule has 0 heterocycles. The molecule has 3 aliphatic rings. The summed E-state index contributed by atoms with van der Waals surface area (Å²) in [6.07, 6.45) is -9.32. The Morgan fingerprint density at radius 2 is 1.26 bits per heavy atom. The molecule has 2 fully saturated rings. The predicted octanol–water partition coefficient (Wildman–Crippen LogP) is 13.4. The summed E-state index contributed by atoms with van der Waals surface area (Å²) < 4.78 is 158. The number of halogens is 9. The van der Waals surface area contributed by atoms with Crippen molar-refractivity contribution in [3.05, 3.63) is 29.3 Å². The van der Waals surface area contributed by atoms with Gasteiger partial charge in [-0.05, 0) is 151 Å². The highest BCUT2D eigenvalue weighted by Gasteiger charge is 2.85. The van der Waals surface area contributed by atoms with E-state index in [-0.39, 0.29) is 30.3 Å². The molecule has 0 N–H and O–H groups in total. The van der Waals surface area contributed by atoms with Crippen molar-refractivity contribution in [2.45, 2.75) is 166 Å². The van der Waals surface area contributed by atoms with Crippen LogP contribution >= 0.6 is 21.6 Å². The highest BCUT2D eigenvalue weighted by Crippen LogP contribution is 2.62. The van der Waals surface area contributed by atoms with E-state index in [0.717, 1.165) is 128 Å². The van der Waals surface area contributed by atoms with Crippen LogP contribution in [-0.4, -0.2) is 113 Å². The van der Waals surface area contributed by atoms with Gasteiger partial charge in [0.05, 0.1) is 58.0 Å². The molecule has 65 heavy (non-hydrogen) atoms. The number of rotatable bonds is 31. The summed E-state index contributed by atoms with van der Waals surface area (Å²) in [6.45, 7) is 13.7. The Hall–Kier alpha value is -1.15. The molecule has 0 amide bonds. The fourth-order valence-corrected chi connectivity index (χ4v) is 11.5. The van der Waals surface area contributed by atoms with Crippen LogP contribution in [0.1, 0.15) is 129 Å². The molecule has 7 nitrogen and oxygen atoms in total. The van der Waals surface area contributed by atoms with Crippen LogP contribution in [0.25, 0.3) is 0 Å². The normalized spacial score (nSPS) is 22.8. The molecule has 0 spiro atoms. The standard InChI is InChI=1S/C47H73F9O7S2/c1-33(2)61-31-35(32-62-34(3)4)12-10-22-58-27-29-65-64-28-26-57-21-8-6-7-9-23-59-37-14-16-38-36(30-37)13-15-40-39(38)19-20-43(5)41(40)17-18-42(43)60-24-11-25-63-44(45(48,49)50,46(51,52)53)47(54,55)56/h14,16,30,33-35,39-42H,6-13,15,17-29,31-32H2,1-5H3. The number of ether oxygens (including phenoxy) is 7. The number of aryl methyl sites for hydroxylation is 1. The lowest BCUT2D eigenvalue weighted by Gasteiger charge is -2.50. The predicted molar refractivity (Wildman–Crippen MR) is 238 cm³/mol. The molecule has 1 aromatic rings. The Kier molecular flexibility index (Phi) is 23.2. The summed E-state index contributed by atoms with van der Waals surface area (Å²) in [5.74, 6) is 4.24. The molecule has 1 aromatic carbocycles. The van der Waals surface area contributed by atoms with Crippen molar-refractivity contribution < 1.29 is 72.7 Å². The van der Waals surface area contributed by atoms with E-state index in [1.807, 2.05) is 27.7 Å². The summed E-state index contributed by atoms with van der Waals surface area (Å²) in [6, 6.07) is 6.40. The van der Waals surface area contributed by atoms with Crippen molar-refractivity contribution in [3.8, 4) is 5.75 Å². The second-order valence-electron chi connectivity index (χ2n) is 18.5. The minimum atomic E-state index is -6.74. The van der Waals surface area contributed by atoms with E-state index in [4.69, 9.17) is 28.4 Å². The topological polar surface area (TPSA) is 64.6 Å². The van der Waals surface area contributed by atoms with Crippen molar-refractivity contribution in [1.82, 2.24) is 0 Å². The van der Waals surface area contributed by atoms with Crippen LogP contribution in [-0.2, 0) is 34.8 Å². The molecule has 5 unspecified atom stereocenters. The van der Waals surface area contributed by atoms with E-state index in [1.54, 1.807) is 0 Å². The van der Waals surface area contributed by atoms with Gasteiger partial charge in [0.1, 0.15) is 5.75 Å². The molecular formula is C47H73F9O7S2. The van der Waals surface area contributed by atoms with Gasteiger partial charge < -0.3 is 33.2 Å². The molecule has 0 aromatic heterocycles. The average Bonchev–Trinajstić information content (AvgIpc) is 3.56. The first-order chi connectivity index (χ1) is 30.7. The highest BCUT2D eigenvalue weighted by atomic mass is 33.1. The summed E-state index contributed by atoms with van der Waals surface area (Å²) >= 11 is 0. The lowest BCUT2D eigenvalue weighted by Crippen LogP contribution is -2.67. The molecule has 18 heteroatoms. The first-order valence-corrected chi connectivity index (χ1v) is 26.0. The molecule has 0 radical (unpaired) electrons. The van der Waals surface area contributed by atoms with E-state index in [2.05, 4.69) is 51.5 Å². The highest BCUT2D eigenvalue weighted by molar-refractivity contribution is 8.76. The maximum absolute atomic E-state index is 13.2. The van der Waals surface area contributed by atoms with Gasteiger partial charge in [-0.3, -0.25) is 0 Å². The lowest BCUT2D eigenvalue weighted by atomic mass is 9.55. The van der Waals surface area contributed by atoms with Gasteiger partial charge in [0.15, 0.2) is 0 Å². The maximum atomic E-state index is 13.2. The van der Waals surface area contributed by atoms with Gasteiger partial charge in [-0.1, -0.05) is 41.0 Å². The molecular weight excluding hydrogens is 912 g/mol. The molecule has 378 valence electrons. The molecule has 0 saturated heterocycles. The zero-order valence-electron chi connectivity index (χ0n) is 38.8. The molecule has 0 aliphatic heterocycles. The second-order valence-corrected chi connectivity index (χ2v) is 21.2. The number of unbranched alkanes of at least 4 members (excludes halogenated alkanes) is 3. The van der Waals surface area contributed by atoms with Crippen molar-refractivity contribution in [3.63, 3.8) is 0 Å². The number of benzene rings is 1. The zero-order chi connectivity index (χ0) is 47.7. The van der Waals surface area contributed by atoms with Gasteiger partial charge in [-0.25, -0.2) is 0 Å². The average molecular weight is 985 g/mol. The van der Waals surface area contributed by atoms with E-state index >= 15 is 0 Å². The summed E-state index contributed by atoms with van der Waals surface area (Å²) in [4.78, 5) is 0. The van der Waals surface area contributed by atoms with Crippen molar-refractivity contribution in [1.29, 1.82) is 0 Å². The number of fused-ring (bicyclic) bond motifs is 5. The monoisotopic (exact) mass is 984 g/mol. The number of hydrogen-bond acceptors (Lipinski definition) is 9. The number of hydrogen-bond donors (Lipinski definition) is 0. The SMILES string of the molecule is CC(C)OCC(CCCOCCSSCCOCCCCCCOc1ccc2c(c1)CCC1C2CCC2(C)C(OCCCOC(C(F)(F)F)(C(F)(F)F)C(F)(F)F)CCC12)COC(C)C. The van der Waals surface area contributed by atoms with Gasteiger partial charge in [0.2, 0.25) is 0 Å². The van der Waals surface area contributed by atoms with Crippen LogP contribution in [0, 0.1) is 23.2 Å². The van der Waals surface area contributed by atoms with Gasteiger partial charge in [0.25, 0.3) is 0 Å². The van der Waals surface area contributed by atoms with E-state index in [1.165, 1.54) is 11.1 Å². The van der Waals surface area contributed by atoms with Crippen molar-refractivity contribution >= 4 is 21.6 Å². The van der Waals surface area contributed by atoms with Crippen molar-refractivity contribution in [2.24, 2.45) is 23.2 Å². The zero-order valence-corrected chi connectivity index (χ0v) is 40.5. The molecule has 4 rings (SSSR count). The van der Waals surface area contributed by atoms with Crippen molar-refractivity contribution in [2.75, 3.05) is 71.0 Å². The minimum absolute atomic E-state index is 0.223. The fraction of sp³-hybridized carbons (Fsp3) is 0.872. The Balaban J connectivity index is 1.03. The quantitative estimate of drug-likeness (QED) is 0.0411. The van der Waals surface area contributed by atoms with Crippen LogP contribution in [0.3, 0.4) is 0 Å². The summed E-state index contributed by atoms with van der Waals surface area (Å²) in [5.41, 5.74) is -3.89. The molecule has 5 atom stereocenters. The smallest absolute Gasteiger partial charge is 0.435 e. The third-order valence-electron chi connectivity index (χ3n) is 13.1.